The van der Waals surface area contributed by atoms with Crippen LogP contribution in [-0.2, 0) is 11.3 Å². The lowest BCUT2D eigenvalue weighted by molar-refractivity contribution is 0.0527. The van der Waals surface area contributed by atoms with E-state index < -0.39 is 5.97 Å². The number of ether oxygens (including phenoxy) is 1. The number of thioether (sulfide) groups is 1. The first-order valence-corrected chi connectivity index (χ1v) is 8.80. The number of benzene rings is 2. The Labute approximate surface area is 145 Å². The van der Waals surface area contributed by atoms with Gasteiger partial charge in [-0.2, -0.15) is 0 Å². The average molecular weight is 344 g/mol. The summed E-state index contributed by atoms with van der Waals surface area (Å²) < 4.78 is 4.99. The van der Waals surface area contributed by atoms with Crippen LogP contribution in [0.4, 0.5) is 10.5 Å². The van der Waals surface area contributed by atoms with E-state index in [0.29, 0.717) is 17.8 Å². The number of esters is 1. The van der Waals surface area contributed by atoms with Crippen molar-refractivity contribution in [3.63, 3.8) is 0 Å². The Bertz CT molecular complexity index is 702. The molecule has 0 atom stereocenters. The molecule has 6 heteroatoms. The number of hydrogen-bond donors (Lipinski definition) is 2. The summed E-state index contributed by atoms with van der Waals surface area (Å²) in [6.07, 6.45) is 2.02. The third-order valence-electron chi connectivity index (χ3n) is 3.28. The average Bonchev–Trinajstić information content (AvgIpc) is 2.61. The van der Waals surface area contributed by atoms with Crippen LogP contribution in [0.1, 0.15) is 22.8 Å². The monoisotopic (exact) mass is 344 g/mol. The molecule has 24 heavy (non-hydrogen) atoms. The molecule has 0 radical (unpaired) electrons. The van der Waals surface area contributed by atoms with Crippen molar-refractivity contribution in [1.82, 2.24) is 5.32 Å². The van der Waals surface area contributed by atoms with Crippen molar-refractivity contribution in [3.05, 3.63) is 59.7 Å². The van der Waals surface area contributed by atoms with Gasteiger partial charge in [0.15, 0.2) is 0 Å². The highest BCUT2D eigenvalue weighted by Crippen LogP contribution is 2.17. The first kappa shape index (κ1) is 17.9. The third-order valence-corrected chi connectivity index (χ3v) is 4.03. The summed E-state index contributed by atoms with van der Waals surface area (Å²) in [5.41, 5.74) is 1.76. The summed E-state index contributed by atoms with van der Waals surface area (Å²) >= 11 is 1.67. The highest BCUT2D eigenvalue weighted by Gasteiger charge is 2.13. The summed E-state index contributed by atoms with van der Waals surface area (Å²) in [5, 5.41) is 5.46. The Hall–Kier alpha value is -2.47. The van der Waals surface area contributed by atoms with Crippen molar-refractivity contribution in [2.75, 3.05) is 18.2 Å². The van der Waals surface area contributed by atoms with Crippen molar-refractivity contribution in [2.24, 2.45) is 0 Å². The molecule has 0 bridgehead atoms. The van der Waals surface area contributed by atoms with Gasteiger partial charge in [0.2, 0.25) is 0 Å². The Morgan fingerprint density at radius 2 is 1.79 bits per heavy atom. The number of rotatable bonds is 6. The lowest BCUT2D eigenvalue weighted by Crippen LogP contribution is -2.29. The molecule has 126 valence electrons. The quantitative estimate of drug-likeness (QED) is 0.616. The lowest BCUT2D eigenvalue weighted by Gasteiger charge is -2.11. The van der Waals surface area contributed by atoms with E-state index in [0.717, 1.165) is 5.56 Å². The molecule has 0 spiro atoms. The second-order valence-corrected chi connectivity index (χ2v) is 5.80. The van der Waals surface area contributed by atoms with Gasteiger partial charge in [-0.15, -0.1) is 11.8 Å². The minimum Gasteiger partial charge on any atom is -0.462 e. The van der Waals surface area contributed by atoms with Gasteiger partial charge in [0.05, 0.1) is 17.9 Å². The Kier molecular flexibility index (Phi) is 6.69. The molecule has 0 aliphatic rings. The predicted octanol–water partition coefficient (Wildman–Crippen LogP) is 3.91. The molecule has 0 aromatic heterocycles. The summed E-state index contributed by atoms with van der Waals surface area (Å²) in [4.78, 5) is 25.1. The van der Waals surface area contributed by atoms with Gasteiger partial charge in [-0.25, -0.2) is 9.59 Å². The molecule has 0 aliphatic heterocycles. The summed E-state index contributed by atoms with van der Waals surface area (Å²) in [6.45, 7) is 2.43. The summed E-state index contributed by atoms with van der Waals surface area (Å²) in [6, 6.07) is 14.3. The fourth-order valence-corrected chi connectivity index (χ4v) is 2.48. The Balaban J connectivity index is 1.95. The maximum atomic E-state index is 12.1. The van der Waals surface area contributed by atoms with Crippen LogP contribution in [0.25, 0.3) is 0 Å². The maximum Gasteiger partial charge on any atom is 0.340 e. The van der Waals surface area contributed by atoms with Gasteiger partial charge in [-0.1, -0.05) is 24.3 Å². The number of para-hydroxylation sites is 1. The number of anilines is 1. The van der Waals surface area contributed by atoms with Crippen LogP contribution >= 0.6 is 11.8 Å². The van der Waals surface area contributed by atoms with Crippen LogP contribution in [-0.4, -0.2) is 24.9 Å². The molecule has 0 saturated heterocycles. The van der Waals surface area contributed by atoms with Crippen molar-refractivity contribution >= 4 is 29.4 Å². The number of carbonyl (C=O) groups is 2. The second-order valence-electron chi connectivity index (χ2n) is 4.92. The van der Waals surface area contributed by atoms with Gasteiger partial charge in [-0.05, 0) is 43.0 Å². The van der Waals surface area contributed by atoms with Crippen molar-refractivity contribution in [3.8, 4) is 0 Å². The number of urea groups is 1. The van der Waals surface area contributed by atoms with Gasteiger partial charge in [0, 0.05) is 11.4 Å². The lowest BCUT2D eigenvalue weighted by atomic mass is 10.2. The highest BCUT2D eigenvalue weighted by molar-refractivity contribution is 7.98. The first-order chi connectivity index (χ1) is 11.6. The van der Waals surface area contributed by atoms with E-state index in [4.69, 9.17) is 4.74 Å². The molecule has 2 rings (SSSR count). The van der Waals surface area contributed by atoms with E-state index in [1.54, 1.807) is 43.0 Å². The predicted molar refractivity (Wildman–Crippen MR) is 96.5 cm³/mol. The van der Waals surface area contributed by atoms with Gasteiger partial charge in [-0.3, -0.25) is 0 Å². The Morgan fingerprint density at radius 3 is 2.46 bits per heavy atom. The zero-order valence-electron chi connectivity index (χ0n) is 13.7. The fraction of sp³-hybridized carbons (Fsp3) is 0.222. The maximum absolute atomic E-state index is 12.1. The van der Waals surface area contributed by atoms with Crippen LogP contribution in [0.3, 0.4) is 0 Å². The molecule has 2 amide bonds. The van der Waals surface area contributed by atoms with Crippen molar-refractivity contribution in [2.45, 2.75) is 18.4 Å². The normalized spacial score (nSPS) is 10.1. The molecule has 2 aromatic rings. The highest BCUT2D eigenvalue weighted by atomic mass is 32.2. The van der Waals surface area contributed by atoms with Crippen LogP contribution in [0.15, 0.2) is 53.4 Å². The first-order valence-electron chi connectivity index (χ1n) is 7.58. The molecule has 5 nitrogen and oxygen atoms in total. The summed E-state index contributed by atoms with van der Waals surface area (Å²) in [7, 11) is 0. The van der Waals surface area contributed by atoms with E-state index in [2.05, 4.69) is 10.6 Å². The smallest absolute Gasteiger partial charge is 0.340 e. The fourth-order valence-electron chi connectivity index (χ4n) is 2.07. The minimum atomic E-state index is -0.457. The van der Waals surface area contributed by atoms with E-state index >= 15 is 0 Å². The third kappa shape index (κ3) is 5.03. The molecule has 0 unspecified atom stereocenters. The number of carbonyl (C=O) groups excluding carboxylic acids is 2. The second kappa shape index (κ2) is 8.98. The molecular weight excluding hydrogens is 324 g/mol. The van der Waals surface area contributed by atoms with Crippen LogP contribution in [0, 0.1) is 0 Å². The van der Waals surface area contributed by atoms with Gasteiger partial charge < -0.3 is 15.4 Å². The van der Waals surface area contributed by atoms with Crippen LogP contribution < -0.4 is 10.6 Å². The number of amides is 2. The van der Waals surface area contributed by atoms with Crippen molar-refractivity contribution in [1.29, 1.82) is 0 Å². The van der Waals surface area contributed by atoms with E-state index in [-0.39, 0.29) is 12.6 Å². The van der Waals surface area contributed by atoms with Gasteiger partial charge in [0.25, 0.3) is 0 Å². The minimum absolute atomic E-state index is 0.283. The Morgan fingerprint density at radius 1 is 1.08 bits per heavy atom. The van der Waals surface area contributed by atoms with Gasteiger partial charge in [0.1, 0.15) is 0 Å². The molecule has 0 aliphatic carbocycles. The topological polar surface area (TPSA) is 67.4 Å². The number of nitrogens with one attached hydrogen (secondary N) is 2. The molecule has 0 fully saturated rings. The largest absolute Gasteiger partial charge is 0.462 e. The van der Waals surface area contributed by atoms with E-state index in [1.807, 2.05) is 30.5 Å². The molecule has 2 N–H and O–H groups in total. The zero-order valence-corrected chi connectivity index (χ0v) is 14.5. The molecular formula is C18H20N2O3S. The van der Waals surface area contributed by atoms with Crippen molar-refractivity contribution < 1.29 is 14.3 Å². The molecule has 2 aromatic carbocycles. The molecule has 0 heterocycles. The van der Waals surface area contributed by atoms with E-state index in [1.165, 1.54) is 4.90 Å². The number of hydrogen-bond acceptors (Lipinski definition) is 4. The standard InChI is InChI=1S/C18H20N2O3S/c1-3-23-17(21)15-6-4-5-7-16(15)20-18(22)19-12-13-8-10-14(24-2)11-9-13/h4-11H,3,12H2,1-2H3,(H2,19,20,22). The van der Waals surface area contributed by atoms with Crippen LogP contribution in [0.2, 0.25) is 0 Å². The SMILES string of the molecule is CCOC(=O)c1ccccc1NC(=O)NCc1ccc(SC)cc1. The van der Waals surface area contributed by atoms with E-state index in [9.17, 15) is 9.59 Å². The van der Waals surface area contributed by atoms with Crippen LogP contribution in [0.5, 0.6) is 0 Å². The van der Waals surface area contributed by atoms with Gasteiger partial charge >= 0.3 is 12.0 Å². The molecule has 0 saturated carbocycles. The zero-order chi connectivity index (χ0) is 17.4. The summed E-state index contributed by atoms with van der Waals surface area (Å²) in [5.74, 6) is -0.457.